The molecule has 0 bridgehead atoms. The Balaban J connectivity index is 2.21. The van der Waals surface area contributed by atoms with Gasteiger partial charge in [-0.2, -0.15) is 0 Å². The number of hydrogen-bond donors (Lipinski definition) is 1. The lowest BCUT2D eigenvalue weighted by molar-refractivity contribution is -0.00915. The van der Waals surface area contributed by atoms with Crippen molar-refractivity contribution >= 4 is 0 Å². The maximum atomic E-state index is 5.76. The Hall–Kier alpha value is -0.120. The molecule has 1 heterocycles. The fourth-order valence-corrected chi connectivity index (χ4v) is 2.05. The van der Waals surface area contributed by atoms with E-state index in [-0.39, 0.29) is 0 Å². The van der Waals surface area contributed by atoms with Gasteiger partial charge in [-0.05, 0) is 39.2 Å². The van der Waals surface area contributed by atoms with E-state index in [9.17, 15) is 0 Å². The summed E-state index contributed by atoms with van der Waals surface area (Å²) in [5, 5.41) is 3.35. The van der Waals surface area contributed by atoms with Crippen LogP contribution in [-0.4, -0.2) is 39.5 Å². The molecule has 0 radical (unpaired) electrons. The van der Waals surface area contributed by atoms with Crippen LogP contribution in [0.4, 0.5) is 0 Å². The minimum atomic E-state index is 0.422. The summed E-state index contributed by atoms with van der Waals surface area (Å²) >= 11 is 0. The topological polar surface area (TPSA) is 30.5 Å². The highest BCUT2D eigenvalue weighted by molar-refractivity contribution is 4.78. The highest BCUT2D eigenvalue weighted by Gasteiger charge is 2.22. The minimum Gasteiger partial charge on any atom is -0.385 e. The lowest BCUT2D eigenvalue weighted by Gasteiger charge is -2.30. The lowest BCUT2D eigenvalue weighted by Crippen LogP contribution is -2.41. The van der Waals surface area contributed by atoms with Gasteiger partial charge in [-0.3, -0.25) is 0 Å². The SMILES string of the molecule is CNC(CCCOC)C1CCCCO1. The van der Waals surface area contributed by atoms with Crippen LogP contribution in [0.1, 0.15) is 32.1 Å². The van der Waals surface area contributed by atoms with Crippen molar-refractivity contribution in [2.45, 2.75) is 44.2 Å². The zero-order valence-corrected chi connectivity index (χ0v) is 9.42. The van der Waals surface area contributed by atoms with E-state index >= 15 is 0 Å². The van der Waals surface area contributed by atoms with Gasteiger partial charge in [0.2, 0.25) is 0 Å². The highest BCUT2D eigenvalue weighted by atomic mass is 16.5. The van der Waals surface area contributed by atoms with E-state index in [1.807, 2.05) is 7.05 Å². The summed E-state index contributed by atoms with van der Waals surface area (Å²) in [6, 6.07) is 0.505. The number of likely N-dealkylation sites (N-methyl/N-ethyl adjacent to an activating group) is 1. The second-order valence-corrected chi connectivity index (χ2v) is 3.94. The molecule has 84 valence electrons. The van der Waals surface area contributed by atoms with Gasteiger partial charge in [0, 0.05) is 26.4 Å². The van der Waals surface area contributed by atoms with Crippen molar-refractivity contribution in [2.24, 2.45) is 0 Å². The van der Waals surface area contributed by atoms with Crippen LogP contribution >= 0.6 is 0 Å². The molecule has 1 saturated heterocycles. The Morgan fingerprint density at radius 2 is 2.36 bits per heavy atom. The smallest absolute Gasteiger partial charge is 0.0727 e. The van der Waals surface area contributed by atoms with E-state index in [0.29, 0.717) is 12.1 Å². The van der Waals surface area contributed by atoms with Crippen LogP contribution in [0.2, 0.25) is 0 Å². The van der Waals surface area contributed by atoms with Crippen molar-refractivity contribution in [1.29, 1.82) is 0 Å². The third-order valence-corrected chi connectivity index (χ3v) is 2.90. The number of rotatable bonds is 6. The number of methoxy groups -OCH3 is 1. The summed E-state index contributed by atoms with van der Waals surface area (Å²) in [5.41, 5.74) is 0. The number of hydrogen-bond acceptors (Lipinski definition) is 3. The fourth-order valence-electron chi connectivity index (χ4n) is 2.05. The van der Waals surface area contributed by atoms with Gasteiger partial charge in [0.1, 0.15) is 0 Å². The lowest BCUT2D eigenvalue weighted by atomic mass is 9.98. The van der Waals surface area contributed by atoms with Crippen LogP contribution in [0, 0.1) is 0 Å². The third-order valence-electron chi connectivity index (χ3n) is 2.90. The quantitative estimate of drug-likeness (QED) is 0.662. The monoisotopic (exact) mass is 201 g/mol. The van der Waals surface area contributed by atoms with E-state index in [1.54, 1.807) is 7.11 Å². The zero-order valence-electron chi connectivity index (χ0n) is 9.42. The second-order valence-electron chi connectivity index (χ2n) is 3.94. The molecule has 1 aliphatic heterocycles. The predicted molar refractivity (Wildman–Crippen MR) is 57.5 cm³/mol. The first-order valence-corrected chi connectivity index (χ1v) is 5.66. The van der Waals surface area contributed by atoms with Crippen molar-refractivity contribution in [3.8, 4) is 0 Å². The standard InChI is InChI=1S/C11H23NO2/c1-12-10(6-5-8-13-2)11-7-3-4-9-14-11/h10-12H,3-9H2,1-2H3. The molecule has 1 aliphatic rings. The molecular formula is C11H23NO2. The Kier molecular flexibility index (Phi) is 6.15. The van der Waals surface area contributed by atoms with E-state index < -0.39 is 0 Å². The van der Waals surface area contributed by atoms with Gasteiger partial charge in [0.15, 0.2) is 0 Å². The van der Waals surface area contributed by atoms with Crippen molar-refractivity contribution in [1.82, 2.24) is 5.32 Å². The van der Waals surface area contributed by atoms with Gasteiger partial charge in [-0.1, -0.05) is 0 Å². The van der Waals surface area contributed by atoms with Crippen molar-refractivity contribution in [3.05, 3.63) is 0 Å². The van der Waals surface area contributed by atoms with Gasteiger partial charge in [0.25, 0.3) is 0 Å². The van der Waals surface area contributed by atoms with Crippen molar-refractivity contribution < 1.29 is 9.47 Å². The first-order valence-electron chi connectivity index (χ1n) is 5.66. The number of ether oxygens (including phenoxy) is 2. The maximum Gasteiger partial charge on any atom is 0.0727 e. The van der Waals surface area contributed by atoms with Crippen LogP contribution in [0.25, 0.3) is 0 Å². The molecule has 0 spiro atoms. The first kappa shape index (κ1) is 12.0. The van der Waals surface area contributed by atoms with E-state index in [4.69, 9.17) is 9.47 Å². The fraction of sp³-hybridized carbons (Fsp3) is 1.00. The molecule has 1 rings (SSSR count). The Morgan fingerprint density at radius 1 is 1.50 bits per heavy atom. The van der Waals surface area contributed by atoms with Crippen molar-refractivity contribution in [2.75, 3.05) is 27.4 Å². The Labute approximate surface area is 87.2 Å². The van der Waals surface area contributed by atoms with Gasteiger partial charge in [-0.25, -0.2) is 0 Å². The van der Waals surface area contributed by atoms with Gasteiger partial charge < -0.3 is 14.8 Å². The highest BCUT2D eigenvalue weighted by Crippen LogP contribution is 2.18. The maximum absolute atomic E-state index is 5.76. The molecule has 3 nitrogen and oxygen atoms in total. The van der Waals surface area contributed by atoms with Crippen LogP contribution in [0.3, 0.4) is 0 Å². The molecule has 0 aliphatic carbocycles. The molecular weight excluding hydrogens is 178 g/mol. The van der Waals surface area contributed by atoms with E-state index in [1.165, 1.54) is 19.3 Å². The largest absolute Gasteiger partial charge is 0.385 e. The van der Waals surface area contributed by atoms with Crippen LogP contribution in [0.15, 0.2) is 0 Å². The predicted octanol–water partition coefficient (Wildman–Crippen LogP) is 1.57. The van der Waals surface area contributed by atoms with Crippen LogP contribution in [0.5, 0.6) is 0 Å². The molecule has 0 saturated carbocycles. The molecule has 0 aromatic heterocycles. The minimum absolute atomic E-state index is 0.422. The summed E-state index contributed by atoms with van der Waals surface area (Å²) in [6.07, 6.45) is 6.43. The summed E-state index contributed by atoms with van der Waals surface area (Å²) in [5.74, 6) is 0. The van der Waals surface area contributed by atoms with E-state index in [0.717, 1.165) is 26.1 Å². The third kappa shape index (κ3) is 3.95. The molecule has 1 N–H and O–H groups in total. The second kappa shape index (κ2) is 7.21. The molecule has 0 aromatic carbocycles. The van der Waals surface area contributed by atoms with Gasteiger partial charge >= 0.3 is 0 Å². The van der Waals surface area contributed by atoms with Crippen LogP contribution in [-0.2, 0) is 9.47 Å². The van der Waals surface area contributed by atoms with Crippen molar-refractivity contribution in [3.63, 3.8) is 0 Å². The van der Waals surface area contributed by atoms with E-state index in [2.05, 4.69) is 5.32 Å². The molecule has 14 heavy (non-hydrogen) atoms. The molecule has 0 aromatic rings. The zero-order chi connectivity index (χ0) is 10.2. The van der Waals surface area contributed by atoms with Gasteiger partial charge in [-0.15, -0.1) is 0 Å². The van der Waals surface area contributed by atoms with Crippen LogP contribution < -0.4 is 5.32 Å². The average Bonchev–Trinajstić information content (AvgIpc) is 2.26. The molecule has 0 amide bonds. The summed E-state index contributed by atoms with van der Waals surface area (Å²) < 4.78 is 10.8. The summed E-state index contributed by atoms with van der Waals surface area (Å²) in [4.78, 5) is 0. The number of nitrogens with one attached hydrogen (secondary N) is 1. The normalized spacial score (nSPS) is 24.9. The molecule has 3 heteroatoms. The first-order chi connectivity index (χ1) is 6.88. The Morgan fingerprint density at radius 3 is 2.93 bits per heavy atom. The summed E-state index contributed by atoms with van der Waals surface area (Å²) in [7, 11) is 3.78. The van der Waals surface area contributed by atoms with Gasteiger partial charge in [0.05, 0.1) is 6.10 Å². The Bertz CT molecular complexity index is 135. The molecule has 1 fully saturated rings. The molecule has 2 unspecified atom stereocenters. The summed E-state index contributed by atoms with van der Waals surface area (Å²) in [6.45, 7) is 1.79. The molecule has 2 atom stereocenters. The average molecular weight is 201 g/mol.